The summed E-state index contributed by atoms with van der Waals surface area (Å²) in [5.74, 6) is -1.00. The molecule has 2 rings (SSSR count). The molecule has 35 heavy (non-hydrogen) atoms. The number of ether oxygens (including phenoxy) is 4. The fourth-order valence-corrected chi connectivity index (χ4v) is 3.56. The van der Waals surface area contributed by atoms with Crippen LogP contribution in [0.4, 0.5) is 0 Å². The lowest BCUT2D eigenvalue weighted by molar-refractivity contribution is -0.315. The van der Waals surface area contributed by atoms with Gasteiger partial charge in [-0.3, -0.25) is 4.79 Å². The number of carbonyl (C=O) groups excluding carboxylic acids is 2. The molecule has 6 atom stereocenters. The van der Waals surface area contributed by atoms with E-state index in [0.29, 0.717) is 24.3 Å². The average Bonchev–Trinajstić information content (AvgIpc) is 2.88. The predicted molar refractivity (Wildman–Crippen MR) is 121 cm³/mol. The third-order valence-electron chi connectivity index (χ3n) is 5.42. The highest BCUT2D eigenvalue weighted by atomic mass is 16.7. The maximum absolute atomic E-state index is 12.7. The molecule has 1 aromatic carbocycles. The lowest BCUT2D eigenvalue weighted by Crippen LogP contribution is -2.68. The molecule has 0 aliphatic carbocycles. The normalized spacial score (nSPS) is 25.7. The van der Waals surface area contributed by atoms with E-state index < -0.39 is 61.1 Å². The fraction of sp³-hybridized carbons (Fsp3) is 0.565. The maximum Gasteiger partial charge on any atom is 0.366 e. The predicted octanol–water partition coefficient (Wildman–Crippen LogP) is -2.22. The number of aliphatic hydroxyl groups excluding tert-OH is 4. The van der Waals surface area contributed by atoms with E-state index in [1.54, 1.807) is 24.3 Å². The zero-order valence-electron chi connectivity index (χ0n) is 19.3. The molecule has 1 fully saturated rings. The van der Waals surface area contributed by atoms with E-state index in [2.05, 4.69) is 11.2 Å². The molecule has 0 radical (unpaired) electrons. The number of benzene rings is 1. The van der Waals surface area contributed by atoms with Gasteiger partial charge in [0.15, 0.2) is 0 Å². The van der Waals surface area contributed by atoms with E-state index in [-0.39, 0.29) is 13.2 Å². The number of esters is 1. The molecule has 7 N–H and O–H groups in total. The van der Waals surface area contributed by atoms with Gasteiger partial charge >= 0.3 is 5.97 Å². The topological polar surface area (TPSA) is 190 Å². The molecular weight excluding hydrogens is 464 g/mol. The van der Waals surface area contributed by atoms with E-state index in [1.807, 2.05) is 0 Å². The summed E-state index contributed by atoms with van der Waals surface area (Å²) in [6, 6.07) is 5.43. The van der Waals surface area contributed by atoms with Gasteiger partial charge in [-0.15, -0.1) is 12.3 Å². The lowest BCUT2D eigenvalue weighted by Gasteiger charge is -2.47. The Kier molecular flexibility index (Phi) is 10.9. The van der Waals surface area contributed by atoms with Crippen LogP contribution in [0.2, 0.25) is 0 Å². The Bertz CT molecular complexity index is 874. The van der Waals surface area contributed by atoms with Crippen molar-refractivity contribution in [3.05, 3.63) is 29.8 Å². The van der Waals surface area contributed by atoms with Gasteiger partial charge in [0, 0.05) is 19.4 Å². The number of nitrogens with two attached hydrogens (primary N) is 1. The second-order valence-corrected chi connectivity index (χ2v) is 7.88. The SMILES string of the molecule is C#CCCOc1ccc(CO[C@]2(C(=O)OC)C[C@H](O)[C@@H](NC(=O)CO)[C@H]([C@H](O)[C@H](O)CN)O2)cc1. The molecule has 12 nitrogen and oxygen atoms in total. The molecule has 1 saturated heterocycles. The number of hydrogen-bond donors (Lipinski definition) is 6. The van der Waals surface area contributed by atoms with Crippen molar-refractivity contribution in [3.63, 3.8) is 0 Å². The lowest BCUT2D eigenvalue weighted by atomic mass is 9.88. The number of aliphatic hydroxyl groups is 4. The standard InChI is InChI=1S/C23H32N2O10/c1-3-4-9-33-15-7-5-14(6-8-15)13-34-23(22(31)32-2)10-16(27)19(25-18(29)12-26)21(35-23)20(30)17(28)11-24/h1,5-8,16-17,19-21,26-28,30H,4,9-13,24H2,2H3,(H,25,29)/t16-,17+,19+,20+,21+,23+/m0/s1. The monoisotopic (exact) mass is 496 g/mol. The molecule has 0 saturated carbocycles. The molecule has 0 aromatic heterocycles. The number of nitrogens with one attached hydrogen (secondary N) is 1. The molecule has 1 amide bonds. The number of carbonyl (C=O) groups is 2. The fourth-order valence-electron chi connectivity index (χ4n) is 3.56. The largest absolute Gasteiger partial charge is 0.493 e. The van der Waals surface area contributed by atoms with Gasteiger partial charge in [-0.25, -0.2) is 4.79 Å². The quantitative estimate of drug-likeness (QED) is 0.104. The summed E-state index contributed by atoms with van der Waals surface area (Å²) in [5.41, 5.74) is 6.04. The molecule has 1 heterocycles. The molecule has 0 unspecified atom stereocenters. The molecule has 0 spiro atoms. The van der Waals surface area contributed by atoms with Gasteiger partial charge < -0.3 is 50.4 Å². The van der Waals surface area contributed by atoms with Crippen LogP contribution in [0.15, 0.2) is 24.3 Å². The van der Waals surface area contributed by atoms with Crippen molar-refractivity contribution in [1.82, 2.24) is 5.32 Å². The van der Waals surface area contributed by atoms with Crippen LogP contribution in [-0.4, -0.2) is 95.4 Å². The molecule has 12 heteroatoms. The Morgan fingerprint density at radius 1 is 1.34 bits per heavy atom. The van der Waals surface area contributed by atoms with Gasteiger partial charge in [0.1, 0.15) is 24.6 Å². The van der Waals surface area contributed by atoms with E-state index >= 15 is 0 Å². The van der Waals surface area contributed by atoms with Crippen LogP contribution < -0.4 is 15.8 Å². The zero-order valence-corrected chi connectivity index (χ0v) is 19.3. The van der Waals surface area contributed by atoms with Gasteiger partial charge in [-0.05, 0) is 17.7 Å². The van der Waals surface area contributed by atoms with Gasteiger partial charge in [0.25, 0.3) is 5.79 Å². The number of amides is 1. The summed E-state index contributed by atoms with van der Waals surface area (Å²) in [7, 11) is 1.09. The van der Waals surface area contributed by atoms with Crippen molar-refractivity contribution >= 4 is 11.9 Å². The van der Waals surface area contributed by atoms with Crippen molar-refractivity contribution < 1.29 is 49.0 Å². The first-order valence-electron chi connectivity index (χ1n) is 10.9. The highest BCUT2D eigenvalue weighted by molar-refractivity contribution is 5.79. The van der Waals surface area contributed by atoms with Crippen molar-refractivity contribution in [2.24, 2.45) is 5.73 Å². The third kappa shape index (κ3) is 7.36. The minimum atomic E-state index is -2.18. The first kappa shape index (κ1) is 28.5. The summed E-state index contributed by atoms with van der Waals surface area (Å²) in [6.45, 7) is -1.08. The molecule has 1 aliphatic rings. The second kappa shape index (κ2) is 13.4. The minimum absolute atomic E-state index is 0.164. The molecule has 1 aromatic rings. The van der Waals surface area contributed by atoms with Crippen molar-refractivity contribution in [1.29, 1.82) is 0 Å². The molecular formula is C23H32N2O10. The Balaban J connectivity index is 2.26. The summed E-state index contributed by atoms with van der Waals surface area (Å²) in [5, 5.41) is 42.8. The second-order valence-electron chi connectivity index (χ2n) is 7.88. The highest BCUT2D eigenvalue weighted by Crippen LogP contribution is 2.35. The van der Waals surface area contributed by atoms with E-state index in [0.717, 1.165) is 7.11 Å². The van der Waals surface area contributed by atoms with E-state index in [4.69, 9.17) is 36.2 Å². The number of rotatable bonds is 12. The molecule has 194 valence electrons. The summed E-state index contributed by atoms with van der Waals surface area (Å²) >= 11 is 0. The van der Waals surface area contributed by atoms with Gasteiger partial charge in [-0.2, -0.15) is 0 Å². The molecule has 0 bridgehead atoms. The number of methoxy groups -OCH3 is 1. The van der Waals surface area contributed by atoms with Crippen LogP contribution in [0.25, 0.3) is 0 Å². The van der Waals surface area contributed by atoms with Crippen molar-refractivity contribution in [2.75, 3.05) is 26.9 Å². The first-order valence-corrected chi connectivity index (χ1v) is 10.9. The number of hydrogen-bond acceptors (Lipinski definition) is 11. The average molecular weight is 497 g/mol. The zero-order chi connectivity index (χ0) is 26.0. The van der Waals surface area contributed by atoms with Crippen LogP contribution in [0.3, 0.4) is 0 Å². The Hall–Kier alpha value is -2.76. The Morgan fingerprint density at radius 3 is 2.60 bits per heavy atom. The summed E-state index contributed by atoms with van der Waals surface area (Å²) < 4.78 is 21.9. The highest BCUT2D eigenvalue weighted by Gasteiger charge is 2.56. The molecule has 1 aliphatic heterocycles. The van der Waals surface area contributed by atoms with Crippen molar-refractivity contribution in [3.8, 4) is 18.1 Å². The van der Waals surface area contributed by atoms with Crippen LogP contribution in [0.5, 0.6) is 5.75 Å². The van der Waals surface area contributed by atoms with Crippen LogP contribution in [-0.2, 0) is 30.4 Å². The Labute approximate surface area is 202 Å². The Morgan fingerprint density at radius 2 is 2.03 bits per heavy atom. The van der Waals surface area contributed by atoms with Crippen LogP contribution >= 0.6 is 0 Å². The minimum Gasteiger partial charge on any atom is -0.493 e. The smallest absolute Gasteiger partial charge is 0.366 e. The van der Waals surface area contributed by atoms with Crippen LogP contribution in [0, 0.1) is 12.3 Å². The summed E-state index contributed by atoms with van der Waals surface area (Å²) in [6.07, 6.45) is -1.11. The van der Waals surface area contributed by atoms with Crippen molar-refractivity contribution in [2.45, 2.75) is 55.7 Å². The van der Waals surface area contributed by atoms with E-state index in [1.165, 1.54) is 0 Å². The third-order valence-corrected chi connectivity index (χ3v) is 5.42. The summed E-state index contributed by atoms with van der Waals surface area (Å²) in [4.78, 5) is 24.5. The number of terminal acetylenes is 1. The first-order chi connectivity index (χ1) is 16.7. The van der Waals surface area contributed by atoms with Gasteiger partial charge in [0.05, 0.1) is 38.6 Å². The van der Waals surface area contributed by atoms with E-state index in [9.17, 15) is 24.9 Å². The van der Waals surface area contributed by atoms with Crippen LogP contribution in [0.1, 0.15) is 18.4 Å². The maximum atomic E-state index is 12.7. The van der Waals surface area contributed by atoms with Gasteiger partial charge in [0.2, 0.25) is 5.91 Å². The van der Waals surface area contributed by atoms with Gasteiger partial charge in [-0.1, -0.05) is 12.1 Å².